The van der Waals surface area contributed by atoms with Crippen LogP contribution in [0.4, 0.5) is 0 Å². The summed E-state index contributed by atoms with van der Waals surface area (Å²) in [5, 5.41) is 0. The summed E-state index contributed by atoms with van der Waals surface area (Å²) in [6, 6.07) is 8.52. The van der Waals surface area contributed by atoms with Crippen LogP contribution in [0.5, 0.6) is 0 Å². The molecule has 0 N–H and O–H groups in total. The second-order valence-corrected chi connectivity index (χ2v) is 4.62. The first-order valence-corrected chi connectivity index (χ1v) is 6.51. The number of esters is 1. The summed E-state index contributed by atoms with van der Waals surface area (Å²) in [6.07, 6.45) is 5.63. The second kappa shape index (κ2) is 7.70. The third-order valence-electron chi connectivity index (χ3n) is 2.69. The number of hydrogen-bond acceptors (Lipinski definition) is 2. The number of carbonyl (C=O) groups is 1. The van der Waals surface area contributed by atoms with Gasteiger partial charge in [0.1, 0.15) is 6.61 Å². The van der Waals surface area contributed by atoms with Crippen LogP contribution in [0, 0.1) is 0 Å². The predicted octanol–water partition coefficient (Wildman–Crippen LogP) is 4.00. The molecule has 0 aliphatic rings. The molecule has 98 valence electrons. The molecular weight excluding hydrogens is 224 g/mol. The zero-order chi connectivity index (χ0) is 13.4. The monoisotopic (exact) mass is 246 g/mol. The molecule has 0 fully saturated rings. The van der Waals surface area contributed by atoms with Crippen molar-refractivity contribution in [3.63, 3.8) is 0 Å². The summed E-state index contributed by atoms with van der Waals surface area (Å²) in [7, 11) is 0. The van der Waals surface area contributed by atoms with Crippen molar-refractivity contribution in [3.05, 3.63) is 41.0 Å². The lowest BCUT2D eigenvalue weighted by atomic mass is 10.0. The van der Waals surface area contributed by atoms with Crippen molar-refractivity contribution in [2.24, 2.45) is 0 Å². The first-order valence-electron chi connectivity index (χ1n) is 6.51. The first kappa shape index (κ1) is 14.5. The maximum Gasteiger partial charge on any atom is 0.302 e. The number of ether oxygens (including phenoxy) is 1. The molecule has 0 spiro atoms. The van der Waals surface area contributed by atoms with Gasteiger partial charge in [0.2, 0.25) is 0 Å². The summed E-state index contributed by atoms with van der Waals surface area (Å²) in [4.78, 5) is 10.7. The van der Waals surface area contributed by atoms with E-state index in [0.29, 0.717) is 6.61 Å². The number of carbonyl (C=O) groups excluding carboxylic acids is 1. The Morgan fingerprint density at radius 2 is 2.11 bits per heavy atom. The molecule has 0 saturated carbocycles. The molecule has 1 aromatic carbocycles. The molecule has 2 heteroatoms. The van der Waals surface area contributed by atoms with Gasteiger partial charge in [0.15, 0.2) is 0 Å². The van der Waals surface area contributed by atoms with Gasteiger partial charge in [-0.15, -0.1) is 0 Å². The highest BCUT2D eigenvalue weighted by Crippen LogP contribution is 2.12. The minimum absolute atomic E-state index is 0.237. The van der Waals surface area contributed by atoms with Gasteiger partial charge in [0.05, 0.1) is 0 Å². The van der Waals surface area contributed by atoms with E-state index in [2.05, 4.69) is 37.3 Å². The molecule has 0 saturated heterocycles. The molecule has 0 radical (unpaired) electrons. The predicted molar refractivity (Wildman–Crippen MR) is 75.3 cm³/mol. The average Bonchev–Trinajstić information content (AvgIpc) is 2.34. The van der Waals surface area contributed by atoms with Gasteiger partial charge in [-0.25, -0.2) is 0 Å². The molecule has 0 heterocycles. The Kier molecular flexibility index (Phi) is 6.20. The highest BCUT2D eigenvalue weighted by atomic mass is 16.5. The van der Waals surface area contributed by atoms with Crippen molar-refractivity contribution in [2.75, 3.05) is 6.61 Å². The van der Waals surface area contributed by atoms with E-state index in [1.54, 1.807) is 0 Å². The van der Waals surface area contributed by atoms with E-state index in [1.165, 1.54) is 30.9 Å². The summed E-state index contributed by atoms with van der Waals surface area (Å²) in [5.74, 6) is -0.237. The van der Waals surface area contributed by atoms with Gasteiger partial charge in [-0.2, -0.15) is 0 Å². The Morgan fingerprint density at radius 1 is 1.33 bits per heavy atom. The number of hydrogen-bond donors (Lipinski definition) is 0. The highest BCUT2D eigenvalue weighted by molar-refractivity contribution is 5.66. The molecule has 0 aliphatic carbocycles. The third-order valence-corrected chi connectivity index (χ3v) is 2.69. The van der Waals surface area contributed by atoms with Crippen LogP contribution in [0.3, 0.4) is 0 Å². The lowest BCUT2D eigenvalue weighted by molar-refractivity contribution is -0.139. The van der Waals surface area contributed by atoms with Gasteiger partial charge in [0, 0.05) is 6.92 Å². The zero-order valence-electron chi connectivity index (χ0n) is 11.5. The van der Waals surface area contributed by atoms with Crippen LogP contribution >= 0.6 is 0 Å². The van der Waals surface area contributed by atoms with E-state index in [4.69, 9.17) is 4.74 Å². The van der Waals surface area contributed by atoms with E-state index in [9.17, 15) is 4.79 Å². The van der Waals surface area contributed by atoms with E-state index in [1.807, 2.05) is 6.92 Å². The number of aryl methyl sites for hydroxylation is 1. The van der Waals surface area contributed by atoms with Crippen molar-refractivity contribution in [1.29, 1.82) is 0 Å². The Labute approximate surface area is 110 Å². The molecule has 0 amide bonds. The summed E-state index contributed by atoms with van der Waals surface area (Å²) < 4.78 is 4.96. The molecule has 0 unspecified atom stereocenters. The Bertz CT molecular complexity index is 419. The molecule has 0 bridgehead atoms. The number of unbranched alkanes of at least 4 members (excludes halogenated alkanes) is 1. The van der Waals surface area contributed by atoms with Crippen LogP contribution in [0.1, 0.15) is 44.7 Å². The van der Waals surface area contributed by atoms with Crippen LogP contribution in [0.25, 0.3) is 6.08 Å². The smallest absolute Gasteiger partial charge is 0.302 e. The van der Waals surface area contributed by atoms with E-state index in [0.717, 1.165) is 12.0 Å². The van der Waals surface area contributed by atoms with E-state index >= 15 is 0 Å². The van der Waals surface area contributed by atoms with Crippen LogP contribution in [-0.2, 0) is 16.0 Å². The minimum Gasteiger partial charge on any atom is -0.461 e. The second-order valence-electron chi connectivity index (χ2n) is 4.62. The minimum atomic E-state index is -0.237. The summed E-state index contributed by atoms with van der Waals surface area (Å²) >= 11 is 0. The fourth-order valence-electron chi connectivity index (χ4n) is 1.76. The van der Waals surface area contributed by atoms with Gasteiger partial charge < -0.3 is 4.74 Å². The zero-order valence-corrected chi connectivity index (χ0v) is 11.5. The molecule has 1 aromatic rings. The maximum atomic E-state index is 10.7. The maximum absolute atomic E-state index is 10.7. The van der Waals surface area contributed by atoms with Gasteiger partial charge >= 0.3 is 5.97 Å². The van der Waals surface area contributed by atoms with Crippen LogP contribution in [0.15, 0.2) is 29.8 Å². The quantitative estimate of drug-likeness (QED) is 0.709. The van der Waals surface area contributed by atoms with Crippen molar-refractivity contribution >= 4 is 12.0 Å². The number of rotatable bonds is 6. The normalized spacial score (nSPS) is 11.4. The van der Waals surface area contributed by atoms with Gasteiger partial charge in [0.25, 0.3) is 0 Å². The first-order chi connectivity index (χ1) is 8.61. The van der Waals surface area contributed by atoms with E-state index < -0.39 is 0 Å². The van der Waals surface area contributed by atoms with Crippen molar-refractivity contribution in [1.82, 2.24) is 0 Å². The Morgan fingerprint density at radius 3 is 2.78 bits per heavy atom. The molecule has 0 aromatic heterocycles. The Balaban J connectivity index is 2.65. The van der Waals surface area contributed by atoms with E-state index in [-0.39, 0.29) is 5.97 Å². The highest BCUT2D eigenvalue weighted by Gasteiger charge is 1.97. The fraction of sp³-hybridized carbons (Fsp3) is 0.438. The van der Waals surface area contributed by atoms with Crippen molar-refractivity contribution < 1.29 is 9.53 Å². The van der Waals surface area contributed by atoms with Crippen LogP contribution in [0.2, 0.25) is 0 Å². The standard InChI is InChI=1S/C16H22O2/c1-4-5-7-15-8-6-9-16(11-15)10-13(2)12-18-14(3)17/h6,8-11H,4-5,7,12H2,1-3H3/b13-10+. The SMILES string of the molecule is CCCCc1cccc(/C=C(\C)COC(C)=O)c1. The van der Waals surface area contributed by atoms with Crippen LogP contribution in [-0.4, -0.2) is 12.6 Å². The van der Waals surface area contributed by atoms with Gasteiger partial charge in [-0.1, -0.05) is 43.7 Å². The Hall–Kier alpha value is -1.57. The van der Waals surface area contributed by atoms with Crippen LogP contribution < -0.4 is 0 Å². The molecular formula is C16H22O2. The topological polar surface area (TPSA) is 26.3 Å². The molecule has 0 aliphatic heterocycles. The number of benzene rings is 1. The lowest BCUT2D eigenvalue weighted by Crippen LogP contribution is -2.01. The van der Waals surface area contributed by atoms with Gasteiger partial charge in [-0.3, -0.25) is 4.79 Å². The average molecular weight is 246 g/mol. The molecule has 0 atom stereocenters. The van der Waals surface area contributed by atoms with Crippen molar-refractivity contribution in [2.45, 2.75) is 40.0 Å². The van der Waals surface area contributed by atoms with Crippen molar-refractivity contribution in [3.8, 4) is 0 Å². The molecule has 2 nitrogen and oxygen atoms in total. The summed E-state index contributed by atoms with van der Waals surface area (Å²) in [5.41, 5.74) is 3.59. The lowest BCUT2D eigenvalue weighted by Gasteiger charge is -2.04. The molecule has 18 heavy (non-hydrogen) atoms. The molecule has 1 rings (SSSR count). The van der Waals surface area contributed by atoms with Gasteiger partial charge in [-0.05, 0) is 36.5 Å². The third kappa shape index (κ3) is 5.67. The fourth-order valence-corrected chi connectivity index (χ4v) is 1.76. The largest absolute Gasteiger partial charge is 0.461 e. The summed E-state index contributed by atoms with van der Waals surface area (Å²) in [6.45, 7) is 5.97.